The minimum absolute atomic E-state index is 0.0435. The maximum atomic E-state index is 11.6. The Morgan fingerprint density at radius 3 is 2.48 bits per heavy atom. The molecule has 0 aromatic carbocycles. The quantitative estimate of drug-likeness (QED) is 0.162. The highest BCUT2D eigenvalue weighted by Gasteiger charge is 2.08. The number of ether oxygens (including phenoxy) is 3. The van der Waals surface area contributed by atoms with Gasteiger partial charge in [0, 0.05) is 12.3 Å². The maximum Gasteiger partial charge on any atom is 0.223 e. The van der Waals surface area contributed by atoms with Crippen molar-refractivity contribution < 1.29 is 19.0 Å². The summed E-state index contributed by atoms with van der Waals surface area (Å²) >= 11 is 0. The van der Waals surface area contributed by atoms with Gasteiger partial charge in [0.25, 0.3) is 0 Å². The van der Waals surface area contributed by atoms with E-state index in [4.69, 9.17) is 14.2 Å². The fourth-order valence-electron chi connectivity index (χ4n) is 1.92. The number of nitrogens with one attached hydrogen (secondary N) is 2. The van der Waals surface area contributed by atoms with E-state index < -0.39 is 0 Å². The first-order valence-electron chi connectivity index (χ1n) is 9.46. The second kappa shape index (κ2) is 20.3. The molecule has 158 valence electrons. The molecule has 0 aliphatic rings. The fraction of sp³-hybridized carbons (Fsp3) is 0.842. The summed E-state index contributed by atoms with van der Waals surface area (Å²) in [5.74, 6) is 6.20. The number of amides is 1. The highest BCUT2D eigenvalue weighted by Crippen LogP contribution is 2.27. The lowest BCUT2D eigenvalue weighted by Crippen LogP contribution is -2.25. The summed E-state index contributed by atoms with van der Waals surface area (Å²) in [5, 5.41) is 5.90. The molecule has 0 aromatic heterocycles. The van der Waals surface area contributed by atoms with Crippen molar-refractivity contribution in [3.05, 3.63) is 0 Å². The van der Waals surface area contributed by atoms with E-state index in [2.05, 4.69) is 28.7 Å². The molecule has 1 atom stereocenters. The molecule has 0 aromatic rings. The molecule has 1 amide bonds. The van der Waals surface area contributed by atoms with Crippen molar-refractivity contribution >= 4 is 27.5 Å². The van der Waals surface area contributed by atoms with E-state index in [1.54, 1.807) is 21.6 Å². The van der Waals surface area contributed by atoms with Crippen LogP contribution in [-0.2, 0) is 19.0 Å². The molecule has 0 heterocycles. The molecule has 0 radical (unpaired) electrons. The van der Waals surface area contributed by atoms with Crippen molar-refractivity contribution in [2.45, 2.75) is 38.5 Å². The van der Waals surface area contributed by atoms with E-state index in [-0.39, 0.29) is 11.3 Å². The van der Waals surface area contributed by atoms with Crippen LogP contribution in [0, 0.1) is 17.8 Å². The van der Waals surface area contributed by atoms with Crippen LogP contribution >= 0.6 is 21.6 Å². The van der Waals surface area contributed by atoms with Crippen molar-refractivity contribution in [3.63, 3.8) is 0 Å². The molecule has 8 heteroatoms. The molecule has 0 fully saturated rings. The Morgan fingerprint density at radius 1 is 1.11 bits per heavy atom. The van der Waals surface area contributed by atoms with Crippen LogP contribution in [0.3, 0.4) is 0 Å². The summed E-state index contributed by atoms with van der Waals surface area (Å²) < 4.78 is 16.7. The summed E-state index contributed by atoms with van der Waals surface area (Å²) in [5.41, 5.74) is 0.206. The summed E-state index contributed by atoms with van der Waals surface area (Å²) in [7, 11) is 5.44. The first-order chi connectivity index (χ1) is 13.1. The molecule has 6 nitrogen and oxygen atoms in total. The zero-order valence-corrected chi connectivity index (χ0v) is 18.8. The second-order valence-electron chi connectivity index (χ2n) is 6.04. The number of rotatable bonds is 17. The van der Waals surface area contributed by atoms with Crippen LogP contribution in [0.4, 0.5) is 0 Å². The first-order valence-corrected chi connectivity index (χ1v) is 12.1. The van der Waals surface area contributed by atoms with Gasteiger partial charge in [0.1, 0.15) is 5.44 Å². The van der Waals surface area contributed by atoms with Crippen LogP contribution in [-0.4, -0.2) is 70.8 Å². The predicted molar refractivity (Wildman–Crippen MR) is 116 cm³/mol. The Morgan fingerprint density at radius 2 is 1.81 bits per heavy atom. The average molecular weight is 421 g/mol. The van der Waals surface area contributed by atoms with Crippen LogP contribution in [0.15, 0.2) is 0 Å². The first kappa shape index (κ1) is 26.6. The molecule has 0 aliphatic carbocycles. The Labute approximate surface area is 173 Å². The third-order valence-corrected chi connectivity index (χ3v) is 5.21. The van der Waals surface area contributed by atoms with Gasteiger partial charge in [0.2, 0.25) is 5.91 Å². The lowest BCUT2D eigenvalue weighted by Gasteiger charge is -2.16. The molecular weight excluding hydrogens is 384 g/mol. The van der Waals surface area contributed by atoms with Crippen LogP contribution in [0.2, 0.25) is 0 Å². The zero-order chi connectivity index (χ0) is 20.2. The number of carbonyl (C=O) groups excluding carboxylic acids is 1. The van der Waals surface area contributed by atoms with E-state index in [0.717, 1.165) is 19.4 Å². The van der Waals surface area contributed by atoms with Crippen molar-refractivity contribution in [2.75, 3.05) is 59.4 Å². The largest absolute Gasteiger partial charge is 0.379 e. The van der Waals surface area contributed by atoms with Gasteiger partial charge in [-0.2, -0.15) is 0 Å². The Bertz CT molecular complexity index is 414. The van der Waals surface area contributed by atoms with Gasteiger partial charge in [-0.15, -0.1) is 0 Å². The standard InChI is InChI=1S/C19H36N2O4S2/c1-17(2)7-5-11-21-18(22)9-12-23-13-14-24-15-16-25-19(27-26-4)8-6-10-20-3/h17,19-20H,6,8-16H2,1-4H3,(H,21,22)/t19-/m1/s1. The Hall–Kier alpha value is -0.430. The smallest absolute Gasteiger partial charge is 0.223 e. The average Bonchev–Trinajstić information content (AvgIpc) is 2.63. The normalized spacial score (nSPS) is 11.9. The SMILES string of the molecule is CNCCC[C@H](OCCOCCOCCC(=O)NCC#CC(C)C)SSC. The van der Waals surface area contributed by atoms with Crippen molar-refractivity contribution in [3.8, 4) is 11.8 Å². The lowest BCUT2D eigenvalue weighted by atomic mass is 10.2. The van der Waals surface area contributed by atoms with Gasteiger partial charge < -0.3 is 24.8 Å². The van der Waals surface area contributed by atoms with Gasteiger partial charge in [-0.25, -0.2) is 0 Å². The van der Waals surface area contributed by atoms with Gasteiger partial charge in [0.15, 0.2) is 0 Å². The highest BCUT2D eigenvalue weighted by molar-refractivity contribution is 8.76. The minimum Gasteiger partial charge on any atom is -0.379 e. The van der Waals surface area contributed by atoms with Crippen molar-refractivity contribution in [1.82, 2.24) is 10.6 Å². The van der Waals surface area contributed by atoms with Crippen LogP contribution in [0.25, 0.3) is 0 Å². The van der Waals surface area contributed by atoms with Gasteiger partial charge in [0.05, 0.1) is 39.6 Å². The maximum absolute atomic E-state index is 11.6. The predicted octanol–water partition coefficient (Wildman–Crippen LogP) is 2.54. The van der Waals surface area contributed by atoms with E-state index in [0.29, 0.717) is 51.9 Å². The second-order valence-corrected chi connectivity index (χ2v) is 8.67. The summed E-state index contributed by atoms with van der Waals surface area (Å²) in [6.07, 6.45) is 4.53. The van der Waals surface area contributed by atoms with Gasteiger partial charge >= 0.3 is 0 Å². The van der Waals surface area contributed by atoms with E-state index in [1.165, 1.54) is 0 Å². The van der Waals surface area contributed by atoms with Crippen LogP contribution < -0.4 is 10.6 Å². The number of carbonyl (C=O) groups is 1. The molecule has 0 rings (SSSR count). The third-order valence-electron chi connectivity index (χ3n) is 3.21. The molecule has 0 bridgehead atoms. The molecule has 2 N–H and O–H groups in total. The number of hydrogen-bond donors (Lipinski definition) is 2. The van der Waals surface area contributed by atoms with Gasteiger partial charge in [-0.3, -0.25) is 4.79 Å². The van der Waals surface area contributed by atoms with Crippen LogP contribution in [0.5, 0.6) is 0 Å². The highest BCUT2D eigenvalue weighted by atomic mass is 33.1. The topological polar surface area (TPSA) is 68.8 Å². The Kier molecular flexibility index (Phi) is 20.0. The van der Waals surface area contributed by atoms with Crippen molar-refractivity contribution in [1.29, 1.82) is 0 Å². The molecule has 0 saturated carbocycles. The fourth-order valence-corrected chi connectivity index (χ4v) is 3.65. The molecule has 0 saturated heterocycles. The van der Waals surface area contributed by atoms with Gasteiger partial charge in [-0.1, -0.05) is 47.3 Å². The minimum atomic E-state index is -0.0435. The summed E-state index contributed by atoms with van der Waals surface area (Å²) in [4.78, 5) is 11.6. The van der Waals surface area contributed by atoms with E-state index >= 15 is 0 Å². The lowest BCUT2D eigenvalue weighted by molar-refractivity contribution is -0.122. The summed E-state index contributed by atoms with van der Waals surface area (Å²) in [6.45, 7) is 7.94. The van der Waals surface area contributed by atoms with Crippen LogP contribution in [0.1, 0.15) is 33.1 Å². The molecule has 27 heavy (non-hydrogen) atoms. The van der Waals surface area contributed by atoms with E-state index in [9.17, 15) is 4.79 Å². The molecule has 0 aliphatic heterocycles. The monoisotopic (exact) mass is 420 g/mol. The number of hydrogen-bond acceptors (Lipinski definition) is 7. The van der Waals surface area contributed by atoms with Gasteiger partial charge in [-0.05, 0) is 32.7 Å². The van der Waals surface area contributed by atoms with Crippen molar-refractivity contribution in [2.24, 2.45) is 5.92 Å². The summed E-state index contributed by atoms with van der Waals surface area (Å²) in [6, 6.07) is 0. The molecule has 0 unspecified atom stereocenters. The Balaban J connectivity index is 3.47. The van der Waals surface area contributed by atoms with E-state index in [1.807, 2.05) is 20.9 Å². The zero-order valence-electron chi connectivity index (χ0n) is 17.2. The molecule has 0 spiro atoms. The third kappa shape index (κ3) is 20.1. The molecular formula is C19H36N2O4S2.